The van der Waals surface area contributed by atoms with Crippen molar-refractivity contribution < 1.29 is 13.2 Å². The summed E-state index contributed by atoms with van der Waals surface area (Å²) in [4.78, 5) is 4.03. The third kappa shape index (κ3) is 2.98. The second-order valence-electron chi connectivity index (χ2n) is 3.61. The minimum Gasteiger partial charge on any atom is -0.480 e. The molecule has 0 aliphatic heterocycles. The van der Waals surface area contributed by atoms with Gasteiger partial charge in [-0.15, -0.1) is 5.92 Å². The molecule has 0 bridgehead atoms. The lowest BCUT2D eigenvalue weighted by molar-refractivity contribution is 0.374. The van der Waals surface area contributed by atoms with Gasteiger partial charge in [-0.3, -0.25) is 4.98 Å². The molecule has 0 saturated carbocycles. The molecule has 1 aromatic heterocycles. The van der Waals surface area contributed by atoms with Crippen molar-refractivity contribution in [3.8, 4) is 17.6 Å². The summed E-state index contributed by atoms with van der Waals surface area (Å²) in [6.45, 7) is 1.94. The van der Waals surface area contributed by atoms with Crippen molar-refractivity contribution >= 4 is 30.6 Å². The molecular weight excluding hydrogens is 286 g/mol. The molecule has 0 saturated heterocycles. The maximum atomic E-state index is 11.5. The Labute approximate surface area is 115 Å². The van der Waals surface area contributed by atoms with Gasteiger partial charge in [-0.05, 0) is 31.2 Å². The van der Waals surface area contributed by atoms with Crippen LogP contribution in [-0.2, 0) is 9.05 Å². The Bertz CT molecular complexity index is 775. The van der Waals surface area contributed by atoms with Crippen molar-refractivity contribution in [2.24, 2.45) is 0 Å². The summed E-state index contributed by atoms with van der Waals surface area (Å²) in [5.74, 6) is 6.01. The fourth-order valence-electron chi connectivity index (χ4n) is 1.63. The molecule has 19 heavy (non-hydrogen) atoms. The van der Waals surface area contributed by atoms with Crippen molar-refractivity contribution in [1.82, 2.24) is 4.98 Å². The topological polar surface area (TPSA) is 56.3 Å². The quantitative estimate of drug-likeness (QED) is 0.645. The smallest absolute Gasteiger partial charge is 0.263 e. The summed E-state index contributed by atoms with van der Waals surface area (Å²) in [5, 5.41) is 0.585. The molecule has 1 heterocycles. The van der Waals surface area contributed by atoms with E-state index in [0.29, 0.717) is 16.7 Å². The molecule has 0 aliphatic rings. The standard InChI is InChI=1S/C13H10ClNO3S/c1-2-3-9-18-11-6-7-12(19(14,16)17)13-10(11)5-4-8-15-13/h4-8H,9H2,1H3. The number of nitrogens with zero attached hydrogens (tertiary/aromatic N) is 1. The first-order valence-corrected chi connectivity index (χ1v) is 7.70. The fraction of sp³-hybridized carbons (Fsp3) is 0.154. The molecule has 98 valence electrons. The Hall–Kier alpha value is -1.77. The number of pyridine rings is 1. The van der Waals surface area contributed by atoms with E-state index in [0.717, 1.165) is 0 Å². The van der Waals surface area contributed by atoms with Gasteiger partial charge in [0.2, 0.25) is 0 Å². The zero-order chi connectivity index (χ0) is 13.9. The summed E-state index contributed by atoms with van der Waals surface area (Å²) in [6.07, 6.45) is 1.50. The van der Waals surface area contributed by atoms with E-state index in [9.17, 15) is 8.42 Å². The Kier molecular flexibility index (Phi) is 3.93. The highest BCUT2D eigenvalue weighted by Gasteiger charge is 2.17. The molecule has 1 aromatic carbocycles. The van der Waals surface area contributed by atoms with E-state index < -0.39 is 9.05 Å². The van der Waals surface area contributed by atoms with Crippen LogP contribution in [0, 0.1) is 11.8 Å². The molecule has 6 heteroatoms. The van der Waals surface area contributed by atoms with Gasteiger partial charge in [-0.1, -0.05) is 5.92 Å². The lowest BCUT2D eigenvalue weighted by atomic mass is 10.2. The molecule has 0 radical (unpaired) electrons. The first-order chi connectivity index (χ1) is 9.04. The fourth-order valence-corrected chi connectivity index (χ4v) is 2.63. The first kappa shape index (κ1) is 13.7. The van der Waals surface area contributed by atoms with E-state index in [-0.39, 0.29) is 11.5 Å². The lowest BCUT2D eigenvalue weighted by Gasteiger charge is -2.08. The predicted octanol–water partition coefficient (Wildman–Crippen LogP) is 2.56. The Morgan fingerprint density at radius 3 is 2.84 bits per heavy atom. The summed E-state index contributed by atoms with van der Waals surface area (Å²) in [6, 6.07) is 6.36. The van der Waals surface area contributed by atoms with Crippen LogP contribution in [0.2, 0.25) is 0 Å². The maximum absolute atomic E-state index is 11.5. The zero-order valence-electron chi connectivity index (χ0n) is 10.1. The van der Waals surface area contributed by atoms with Crippen LogP contribution in [0.1, 0.15) is 6.92 Å². The number of fused-ring (bicyclic) bond motifs is 1. The highest BCUT2D eigenvalue weighted by molar-refractivity contribution is 8.14. The van der Waals surface area contributed by atoms with Gasteiger partial charge < -0.3 is 4.74 Å². The number of ether oxygens (including phenoxy) is 1. The third-order valence-corrected chi connectivity index (χ3v) is 3.79. The Morgan fingerprint density at radius 2 is 2.16 bits per heavy atom. The van der Waals surface area contributed by atoms with Crippen LogP contribution in [-0.4, -0.2) is 20.0 Å². The van der Waals surface area contributed by atoms with Crippen LogP contribution < -0.4 is 4.74 Å². The minimum atomic E-state index is -3.85. The number of rotatable bonds is 3. The summed E-state index contributed by atoms with van der Waals surface area (Å²) < 4.78 is 28.4. The number of hydrogen-bond acceptors (Lipinski definition) is 4. The highest BCUT2D eigenvalue weighted by Crippen LogP contribution is 2.30. The second-order valence-corrected chi connectivity index (χ2v) is 6.15. The van der Waals surface area contributed by atoms with Crippen LogP contribution in [0.15, 0.2) is 35.4 Å². The lowest BCUT2D eigenvalue weighted by Crippen LogP contribution is -1.99. The summed E-state index contributed by atoms with van der Waals surface area (Å²) in [5.41, 5.74) is 0.291. The van der Waals surface area contributed by atoms with Crippen molar-refractivity contribution in [3.63, 3.8) is 0 Å². The van der Waals surface area contributed by atoms with Gasteiger partial charge in [-0.25, -0.2) is 8.42 Å². The minimum absolute atomic E-state index is 0.0290. The van der Waals surface area contributed by atoms with Crippen LogP contribution in [0.5, 0.6) is 5.75 Å². The average molecular weight is 296 g/mol. The summed E-state index contributed by atoms with van der Waals surface area (Å²) >= 11 is 0. The number of benzene rings is 1. The molecule has 0 atom stereocenters. The maximum Gasteiger partial charge on any atom is 0.263 e. The molecule has 4 nitrogen and oxygen atoms in total. The van der Waals surface area contributed by atoms with Gasteiger partial charge >= 0.3 is 0 Å². The number of halogens is 1. The predicted molar refractivity (Wildman–Crippen MR) is 73.7 cm³/mol. The van der Waals surface area contributed by atoms with Crippen molar-refractivity contribution in [2.75, 3.05) is 6.61 Å². The van der Waals surface area contributed by atoms with Gasteiger partial charge in [0, 0.05) is 22.3 Å². The molecule has 0 fully saturated rings. The Balaban J connectivity index is 2.61. The van der Waals surface area contributed by atoms with Crippen molar-refractivity contribution in [1.29, 1.82) is 0 Å². The normalized spacial score (nSPS) is 10.8. The zero-order valence-corrected chi connectivity index (χ0v) is 11.6. The largest absolute Gasteiger partial charge is 0.480 e. The number of hydrogen-bond donors (Lipinski definition) is 0. The average Bonchev–Trinajstić information content (AvgIpc) is 2.37. The van der Waals surface area contributed by atoms with Crippen LogP contribution in [0.4, 0.5) is 0 Å². The van der Waals surface area contributed by atoms with Gasteiger partial charge in [0.05, 0.1) is 5.52 Å². The van der Waals surface area contributed by atoms with E-state index in [1.807, 2.05) is 0 Å². The van der Waals surface area contributed by atoms with Crippen molar-refractivity contribution in [2.45, 2.75) is 11.8 Å². The molecule has 2 aromatic rings. The van der Waals surface area contributed by atoms with Crippen LogP contribution in [0.25, 0.3) is 10.9 Å². The van der Waals surface area contributed by atoms with Gasteiger partial charge in [0.25, 0.3) is 9.05 Å². The van der Waals surface area contributed by atoms with E-state index in [2.05, 4.69) is 16.8 Å². The second kappa shape index (κ2) is 5.47. The number of aromatic nitrogens is 1. The molecule has 0 spiro atoms. The first-order valence-electron chi connectivity index (χ1n) is 5.39. The Morgan fingerprint density at radius 1 is 1.37 bits per heavy atom. The molecular formula is C13H10ClNO3S. The van der Waals surface area contributed by atoms with Crippen LogP contribution >= 0.6 is 10.7 Å². The molecule has 0 aliphatic carbocycles. The molecule has 0 N–H and O–H groups in total. The molecule has 2 rings (SSSR count). The van der Waals surface area contributed by atoms with Gasteiger partial charge in [-0.2, -0.15) is 0 Å². The van der Waals surface area contributed by atoms with Gasteiger partial charge in [0.15, 0.2) is 0 Å². The molecule has 0 unspecified atom stereocenters. The van der Waals surface area contributed by atoms with E-state index in [1.165, 1.54) is 12.3 Å². The SMILES string of the molecule is CC#CCOc1ccc(S(=O)(=O)Cl)c2ncccc12. The monoisotopic (exact) mass is 295 g/mol. The summed E-state index contributed by atoms with van der Waals surface area (Å²) in [7, 11) is 1.54. The van der Waals surface area contributed by atoms with Crippen molar-refractivity contribution in [3.05, 3.63) is 30.5 Å². The molecule has 0 amide bonds. The van der Waals surface area contributed by atoms with E-state index in [1.54, 1.807) is 25.1 Å². The van der Waals surface area contributed by atoms with Crippen LogP contribution in [0.3, 0.4) is 0 Å². The highest BCUT2D eigenvalue weighted by atomic mass is 35.7. The van der Waals surface area contributed by atoms with Gasteiger partial charge in [0.1, 0.15) is 17.3 Å². The van der Waals surface area contributed by atoms with E-state index >= 15 is 0 Å². The van der Waals surface area contributed by atoms with E-state index in [4.69, 9.17) is 15.4 Å². The third-order valence-electron chi connectivity index (χ3n) is 2.43.